The molecule has 2 rings (SSSR count). The molecule has 0 aliphatic heterocycles. The van der Waals surface area contributed by atoms with Crippen LogP contribution < -0.4 is 5.32 Å². The summed E-state index contributed by atoms with van der Waals surface area (Å²) < 4.78 is 0. The van der Waals surface area contributed by atoms with Crippen molar-refractivity contribution in [3.63, 3.8) is 0 Å². The maximum absolute atomic E-state index is 9.97. The number of aryl methyl sites for hydroxylation is 1. The second-order valence-electron chi connectivity index (χ2n) is 4.47. The van der Waals surface area contributed by atoms with Crippen molar-refractivity contribution < 1.29 is 5.11 Å². The molecular weight excluding hydrogens is 186 g/mol. The molecule has 2 heteroatoms. The Bertz CT molecular complexity index is 320. The van der Waals surface area contributed by atoms with Gasteiger partial charge in [-0.15, -0.1) is 0 Å². The number of rotatable bonds is 5. The van der Waals surface area contributed by atoms with E-state index in [1.54, 1.807) is 0 Å². The van der Waals surface area contributed by atoms with Gasteiger partial charge in [0.1, 0.15) is 0 Å². The lowest BCUT2D eigenvalue weighted by molar-refractivity contribution is 0.173. The molecule has 0 saturated heterocycles. The minimum atomic E-state index is -0.370. The van der Waals surface area contributed by atoms with Crippen LogP contribution in [0.4, 0.5) is 0 Å². The van der Waals surface area contributed by atoms with Crippen LogP contribution in [0.1, 0.15) is 30.1 Å². The minimum absolute atomic E-state index is 0.370. The summed E-state index contributed by atoms with van der Waals surface area (Å²) in [6.07, 6.45) is 2.34. The molecule has 1 fully saturated rings. The molecule has 15 heavy (non-hydrogen) atoms. The van der Waals surface area contributed by atoms with E-state index in [4.69, 9.17) is 0 Å². The minimum Gasteiger partial charge on any atom is -0.387 e. The number of aliphatic hydroxyl groups is 1. The highest BCUT2D eigenvalue weighted by Gasteiger charge is 2.20. The summed E-state index contributed by atoms with van der Waals surface area (Å²) in [7, 11) is 0. The first kappa shape index (κ1) is 10.7. The Morgan fingerprint density at radius 2 is 2.13 bits per heavy atom. The molecule has 0 heterocycles. The van der Waals surface area contributed by atoms with Gasteiger partial charge in [-0.2, -0.15) is 0 Å². The Hall–Kier alpha value is -0.860. The lowest BCUT2D eigenvalue weighted by Gasteiger charge is -2.14. The van der Waals surface area contributed by atoms with Crippen molar-refractivity contribution in [3.8, 4) is 0 Å². The van der Waals surface area contributed by atoms with Gasteiger partial charge in [0.15, 0.2) is 0 Å². The van der Waals surface area contributed by atoms with Gasteiger partial charge in [0.05, 0.1) is 6.10 Å². The zero-order valence-corrected chi connectivity index (χ0v) is 9.24. The molecule has 1 unspecified atom stereocenters. The van der Waals surface area contributed by atoms with Crippen LogP contribution >= 0.6 is 0 Å². The summed E-state index contributed by atoms with van der Waals surface area (Å²) in [5, 5.41) is 13.3. The predicted octanol–water partition coefficient (Wildman–Crippen LogP) is 2.03. The van der Waals surface area contributed by atoms with E-state index in [-0.39, 0.29) is 6.10 Å². The zero-order valence-electron chi connectivity index (χ0n) is 9.24. The monoisotopic (exact) mass is 205 g/mol. The van der Waals surface area contributed by atoms with Crippen LogP contribution in [0.5, 0.6) is 0 Å². The fourth-order valence-electron chi connectivity index (χ4n) is 1.82. The first-order valence-corrected chi connectivity index (χ1v) is 5.71. The van der Waals surface area contributed by atoms with E-state index in [9.17, 15) is 5.11 Å². The normalized spacial score (nSPS) is 17.7. The highest BCUT2D eigenvalue weighted by Crippen LogP contribution is 2.27. The summed E-state index contributed by atoms with van der Waals surface area (Å²) in [6, 6.07) is 8.02. The molecule has 0 spiro atoms. The van der Waals surface area contributed by atoms with Gasteiger partial charge in [-0.25, -0.2) is 0 Å². The van der Waals surface area contributed by atoms with E-state index in [0.717, 1.165) is 18.0 Å². The van der Waals surface area contributed by atoms with Crippen LogP contribution in [0.3, 0.4) is 0 Å². The Morgan fingerprint density at radius 1 is 1.40 bits per heavy atom. The topological polar surface area (TPSA) is 32.3 Å². The average molecular weight is 205 g/mol. The molecule has 0 aromatic heterocycles. The first-order chi connectivity index (χ1) is 7.27. The number of hydrogen-bond donors (Lipinski definition) is 2. The number of benzene rings is 1. The summed E-state index contributed by atoms with van der Waals surface area (Å²) in [4.78, 5) is 0. The highest BCUT2D eigenvalue weighted by atomic mass is 16.3. The third-order valence-corrected chi connectivity index (χ3v) is 3.02. The van der Waals surface area contributed by atoms with Crippen molar-refractivity contribution in [2.75, 3.05) is 13.1 Å². The Kier molecular flexibility index (Phi) is 3.39. The SMILES string of the molecule is Cc1ccccc1C(O)CNCC1CC1. The summed E-state index contributed by atoms with van der Waals surface area (Å²) in [5.41, 5.74) is 2.21. The molecule has 2 nitrogen and oxygen atoms in total. The van der Waals surface area contributed by atoms with Gasteiger partial charge in [0.2, 0.25) is 0 Å². The predicted molar refractivity (Wildman–Crippen MR) is 61.7 cm³/mol. The third-order valence-electron chi connectivity index (χ3n) is 3.02. The Morgan fingerprint density at radius 3 is 2.80 bits per heavy atom. The van der Waals surface area contributed by atoms with Crippen molar-refractivity contribution in [3.05, 3.63) is 35.4 Å². The molecule has 82 valence electrons. The van der Waals surface area contributed by atoms with Gasteiger partial charge in [-0.1, -0.05) is 24.3 Å². The smallest absolute Gasteiger partial charge is 0.0916 e. The van der Waals surface area contributed by atoms with Crippen molar-refractivity contribution in [1.29, 1.82) is 0 Å². The summed E-state index contributed by atoms with van der Waals surface area (Å²) in [5.74, 6) is 0.870. The van der Waals surface area contributed by atoms with Crippen molar-refractivity contribution in [2.24, 2.45) is 5.92 Å². The molecule has 1 aliphatic carbocycles. The summed E-state index contributed by atoms with van der Waals surface area (Å²) >= 11 is 0. The summed E-state index contributed by atoms with van der Waals surface area (Å²) in [6.45, 7) is 3.77. The van der Waals surface area contributed by atoms with Gasteiger partial charge in [0, 0.05) is 6.54 Å². The molecule has 1 aromatic rings. The Labute approximate surface area is 91.3 Å². The molecule has 1 aliphatic rings. The van der Waals surface area contributed by atoms with E-state index >= 15 is 0 Å². The largest absolute Gasteiger partial charge is 0.387 e. The maximum atomic E-state index is 9.97. The Balaban J connectivity index is 1.83. The van der Waals surface area contributed by atoms with Crippen LogP contribution in [0.25, 0.3) is 0 Å². The second-order valence-corrected chi connectivity index (χ2v) is 4.47. The van der Waals surface area contributed by atoms with E-state index in [2.05, 4.69) is 5.32 Å². The molecule has 0 amide bonds. The van der Waals surface area contributed by atoms with Crippen LogP contribution in [0, 0.1) is 12.8 Å². The van der Waals surface area contributed by atoms with Crippen LogP contribution in [-0.4, -0.2) is 18.2 Å². The molecule has 1 aromatic carbocycles. The molecule has 0 radical (unpaired) electrons. The fraction of sp³-hybridized carbons (Fsp3) is 0.538. The van der Waals surface area contributed by atoms with Gasteiger partial charge >= 0.3 is 0 Å². The van der Waals surface area contributed by atoms with Crippen LogP contribution in [0.15, 0.2) is 24.3 Å². The highest BCUT2D eigenvalue weighted by molar-refractivity contribution is 5.27. The van der Waals surface area contributed by atoms with E-state index in [0.29, 0.717) is 6.54 Å². The second kappa shape index (κ2) is 4.77. The van der Waals surface area contributed by atoms with Gasteiger partial charge in [-0.05, 0) is 43.4 Å². The zero-order chi connectivity index (χ0) is 10.7. The molecular formula is C13H19NO. The van der Waals surface area contributed by atoms with Crippen molar-refractivity contribution in [2.45, 2.75) is 25.9 Å². The standard InChI is InChI=1S/C13H19NO/c1-10-4-2-3-5-12(10)13(15)9-14-8-11-6-7-11/h2-5,11,13-15H,6-9H2,1H3. The number of aliphatic hydroxyl groups excluding tert-OH is 1. The van der Waals surface area contributed by atoms with Crippen LogP contribution in [0.2, 0.25) is 0 Å². The lowest BCUT2D eigenvalue weighted by Crippen LogP contribution is -2.23. The molecule has 0 bridgehead atoms. The van der Waals surface area contributed by atoms with Crippen molar-refractivity contribution in [1.82, 2.24) is 5.32 Å². The van der Waals surface area contributed by atoms with E-state index in [1.165, 1.54) is 18.4 Å². The fourth-order valence-corrected chi connectivity index (χ4v) is 1.82. The van der Waals surface area contributed by atoms with Gasteiger partial charge in [-0.3, -0.25) is 0 Å². The first-order valence-electron chi connectivity index (χ1n) is 5.71. The number of hydrogen-bond acceptors (Lipinski definition) is 2. The van der Waals surface area contributed by atoms with Gasteiger partial charge < -0.3 is 10.4 Å². The van der Waals surface area contributed by atoms with Crippen molar-refractivity contribution >= 4 is 0 Å². The maximum Gasteiger partial charge on any atom is 0.0916 e. The van der Waals surface area contributed by atoms with E-state index < -0.39 is 0 Å². The average Bonchev–Trinajstić information content (AvgIpc) is 3.02. The van der Waals surface area contributed by atoms with Crippen LogP contribution in [-0.2, 0) is 0 Å². The molecule has 2 N–H and O–H groups in total. The molecule has 1 saturated carbocycles. The quantitative estimate of drug-likeness (QED) is 0.771. The van der Waals surface area contributed by atoms with Gasteiger partial charge in [0.25, 0.3) is 0 Å². The lowest BCUT2D eigenvalue weighted by atomic mass is 10.0. The number of nitrogens with one attached hydrogen (secondary N) is 1. The van der Waals surface area contributed by atoms with E-state index in [1.807, 2.05) is 31.2 Å². The third kappa shape index (κ3) is 3.05. The molecule has 1 atom stereocenters.